The van der Waals surface area contributed by atoms with Crippen molar-refractivity contribution in [2.45, 2.75) is 37.1 Å². The van der Waals surface area contributed by atoms with Crippen molar-refractivity contribution in [3.05, 3.63) is 82.7 Å². The average Bonchev–Trinajstić information content (AvgIpc) is 3.51. The van der Waals surface area contributed by atoms with Gasteiger partial charge in [0.05, 0.1) is 12.8 Å². The number of methoxy groups -OCH3 is 1. The zero-order valence-corrected chi connectivity index (χ0v) is 17.3. The van der Waals surface area contributed by atoms with E-state index in [0.717, 1.165) is 36.6 Å². The van der Waals surface area contributed by atoms with Gasteiger partial charge in [-0.05, 0) is 42.9 Å². The summed E-state index contributed by atoms with van der Waals surface area (Å²) >= 11 is 0. The predicted octanol–water partition coefficient (Wildman–Crippen LogP) is 4.16. The first-order valence-corrected chi connectivity index (χ1v) is 10.5. The number of carbonyl (C=O) groups excluding carboxylic acids is 2. The zero-order valence-electron chi connectivity index (χ0n) is 17.3. The Morgan fingerprint density at radius 2 is 1.88 bits per heavy atom. The molecule has 1 amide bonds. The van der Waals surface area contributed by atoms with Gasteiger partial charge >= 0.3 is 5.97 Å². The van der Waals surface area contributed by atoms with Crippen LogP contribution in [0.15, 0.2) is 48.5 Å². The lowest BCUT2D eigenvalue weighted by molar-refractivity contribution is -0.143. The summed E-state index contributed by atoms with van der Waals surface area (Å²) in [4.78, 5) is 25.7. The first kappa shape index (κ1) is 20.4. The third-order valence-electron chi connectivity index (χ3n) is 6.39. The number of halogens is 2. The van der Waals surface area contributed by atoms with Gasteiger partial charge in [-0.2, -0.15) is 5.10 Å². The largest absolute Gasteiger partial charge is 0.467 e. The molecule has 0 spiro atoms. The van der Waals surface area contributed by atoms with E-state index in [2.05, 4.69) is 10.4 Å². The number of nitrogens with one attached hydrogen (secondary N) is 1. The molecule has 2 aliphatic carbocycles. The van der Waals surface area contributed by atoms with Gasteiger partial charge < -0.3 is 10.1 Å². The Morgan fingerprint density at radius 1 is 1.12 bits per heavy atom. The molecule has 164 valence electrons. The van der Waals surface area contributed by atoms with Gasteiger partial charge in [0.25, 0.3) is 5.91 Å². The molecule has 6 nitrogen and oxygen atoms in total. The van der Waals surface area contributed by atoms with Gasteiger partial charge in [0, 0.05) is 17.5 Å². The van der Waals surface area contributed by atoms with Crippen molar-refractivity contribution in [2.24, 2.45) is 0 Å². The Balaban J connectivity index is 1.56. The molecule has 0 aliphatic heterocycles. The van der Waals surface area contributed by atoms with Crippen LogP contribution >= 0.6 is 0 Å². The predicted molar refractivity (Wildman–Crippen MR) is 111 cm³/mol. The van der Waals surface area contributed by atoms with Crippen molar-refractivity contribution in [2.75, 3.05) is 7.11 Å². The molecule has 3 aromatic rings. The lowest BCUT2D eigenvalue weighted by Gasteiger charge is -2.17. The molecular weight excluding hydrogens is 416 g/mol. The third-order valence-corrected chi connectivity index (χ3v) is 6.39. The summed E-state index contributed by atoms with van der Waals surface area (Å²) in [5, 5.41) is 7.19. The number of benzene rings is 2. The summed E-state index contributed by atoms with van der Waals surface area (Å²) in [6, 6.07) is 11.1. The van der Waals surface area contributed by atoms with Crippen LogP contribution < -0.4 is 5.32 Å². The van der Waals surface area contributed by atoms with Crippen LogP contribution in [-0.4, -0.2) is 28.8 Å². The lowest BCUT2D eigenvalue weighted by atomic mass is 9.95. The lowest BCUT2D eigenvalue weighted by Crippen LogP contribution is -2.35. The van der Waals surface area contributed by atoms with E-state index in [4.69, 9.17) is 4.74 Å². The standard InChI is InChI=1S/C24H21F2N3O3/c1-32-24(31)20(13-5-3-2-4-6-13)27-23(30)21-19-14-7-8-15(11-14)22(19)29(28-21)18-10-9-16(25)12-17(18)26/h2-6,9-10,12,14-15,20H,7-8,11H2,1H3,(H,27,30)/t14?,15?,20-/m1/s1. The second-order valence-electron chi connectivity index (χ2n) is 8.20. The van der Waals surface area contributed by atoms with Crippen LogP contribution in [0.4, 0.5) is 8.78 Å². The van der Waals surface area contributed by atoms with Crippen molar-refractivity contribution in [3.63, 3.8) is 0 Å². The van der Waals surface area contributed by atoms with Gasteiger partial charge in [-0.3, -0.25) is 4.79 Å². The van der Waals surface area contributed by atoms with E-state index in [1.165, 1.54) is 23.9 Å². The van der Waals surface area contributed by atoms with E-state index >= 15 is 0 Å². The minimum absolute atomic E-state index is 0.0989. The normalized spacial score (nSPS) is 19.5. The highest BCUT2D eigenvalue weighted by Crippen LogP contribution is 2.54. The molecule has 1 N–H and O–H groups in total. The second kappa shape index (κ2) is 7.85. The van der Waals surface area contributed by atoms with E-state index in [1.54, 1.807) is 24.3 Å². The van der Waals surface area contributed by atoms with E-state index in [9.17, 15) is 18.4 Å². The molecule has 1 saturated carbocycles. The maximum atomic E-state index is 14.6. The Morgan fingerprint density at radius 3 is 2.59 bits per heavy atom. The minimum Gasteiger partial charge on any atom is -0.467 e. The maximum absolute atomic E-state index is 14.6. The second-order valence-corrected chi connectivity index (χ2v) is 8.20. The summed E-state index contributed by atoms with van der Waals surface area (Å²) in [6.45, 7) is 0. The maximum Gasteiger partial charge on any atom is 0.333 e. The summed E-state index contributed by atoms with van der Waals surface area (Å²) in [5.74, 6) is -2.25. The van der Waals surface area contributed by atoms with E-state index in [1.807, 2.05) is 6.07 Å². The van der Waals surface area contributed by atoms with Crippen molar-refractivity contribution >= 4 is 11.9 Å². The Kier molecular flexibility index (Phi) is 5.00. The van der Waals surface area contributed by atoms with Crippen LogP contribution in [0.1, 0.15) is 64.4 Å². The molecule has 1 aromatic heterocycles. The Hall–Kier alpha value is -3.55. The summed E-state index contributed by atoms with van der Waals surface area (Å²) in [7, 11) is 1.26. The quantitative estimate of drug-likeness (QED) is 0.609. The number of carbonyl (C=O) groups is 2. The van der Waals surface area contributed by atoms with Gasteiger partial charge in [-0.15, -0.1) is 0 Å². The molecule has 2 unspecified atom stereocenters. The van der Waals surface area contributed by atoms with Crippen LogP contribution in [0.25, 0.3) is 5.69 Å². The van der Waals surface area contributed by atoms with Crippen LogP contribution in [0, 0.1) is 11.6 Å². The number of esters is 1. The number of fused-ring (bicyclic) bond motifs is 5. The zero-order chi connectivity index (χ0) is 22.4. The van der Waals surface area contributed by atoms with Crippen molar-refractivity contribution in [1.29, 1.82) is 0 Å². The first-order valence-electron chi connectivity index (χ1n) is 10.5. The van der Waals surface area contributed by atoms with Gasteiger partial charge in [-0.1, -0.05) is 30.3 Å². The fourth-order valence-corrected chi connectivity index (χ4v) is 4.98. The molecular formula is C24H21F2N3O3. The number of ether oxygens (including phenoxy) is 1. The molecule has 5 rings (SSSR count). The highest BCUT2D eigenvalue weighted by atomic mass is 19.1. The molecule has 0 radical (unpaired) electrons. The number of rotatable bonds is 5. The first-order chi connectivity index (χ1) is 15.5. The molecule has 2 bridgehead atoms. The highest BCUT2D eigenvalue weighted by molar-refractivity contribution is 5.97. The van der Waals surface area contributed by atoms with Crippen LogP contribution in [0.2, 0.25) is 0 Å². The molecule has 8 heteroatoms. The van der Waals surface area contributed by atoms with Gasteiger partial charge in [0.1, 0.15) is 11.5 Å². The molecule has 0 saturated heterocycles. The monoisotopic (exact) mass is 437 g/mol. The molecule has 32 heavy (non-hydrogen) atoms. The number of nitrogens with zero attached hydrogens (tertiary/aromatic N) is 2. The van der Waals surface area contributed by atoms with Crippen molar-refractivity contribution < 1.29 is 23.1 Å². The Labute approximate surface area is 183 Å². The van der Waals surface area contributed by atoms with Gasteiger partial charge in [-0.25, -0.2) is 18.3 Å². The molecule has 2 aliphatic rings. The van der Waals surface area contributed by atoms with Crippen molar-refractivity contribution in [3.8, 4) is 5.69 Å². The van der Waals surface area contributed by atoms with E-state index in [0.29, 0.717) is 5.56 Å². The fraction of sp³-hybridized carbons (Fsp3) is 0.292. The SMILES string of the molecule is COC(=O)[C@H](NC(=O)c1nn(-c2ccc(F)cc2F)c2c1C1CCC2C1)c1ccccc1. The molecule has 1 fully saturated rings. The number of hydrogen-bond donors (Lipinski definition) is 1. The van der Waals surface area contributed by atoms with Crippen LogP contribution in [0.5, 0.6) is 0 Å². The Bertz CT molecular complexity index is 1210. The summed E-state index contributed by atoms with van der Waals surface area (Å²) < 4.78 is 34.3. The highest BCUT2D eigenvalue weighted by Gasteiger charge is 2.44. The summed E-state index contributed by atoms with van der Waals surface area (Å²) in [6.07, 6.45) is 2.73. The molecule has 2 aromatic carbocycles. The van der Waals surface area contributed by atoms with Crippen LogP contribution in [-0.2, 0) is 9.53 Å². The minimum atomic E-state index is -1.00. The number of hydrogen-bond acceptors (Lipinski definition) is 4. The smallest absolute Gasteiger partial charge is 0.333 e. The molecule has 3 atom stereocenters. The third kappa shape index (κ3) is 3.26. The van der Waals surface area contributed by atoms with Crippen molar-refractivity contribution in [1.82, 2.24) is 15.1 Å². The fourth-order valence-electron chi connectivity index (χ4n) is 4.98. The van der Waals surface area contributed by atoms with E-state index < -0.39 is 29.6 Å². The number of amides is 1. The average molecular weight is 437 g/mol. The van der Waals surface area contributed by atoms with Gasteiger partial charge in [0.2, 0.25) is 0 Å². The topological polar surface area (TPSA) is 73.2 Å². The van der Waals surface area contributed by atoms with Gasteiger partial charge in [0.15, 0.2) is 17.6 Å². The van der Waals surface area contributed by atoms with E-state index in [-0.39, 0.29) is 23.2 Å². The van der Waals surface area contributed by atoms with Crippen LogP contribution in [0.3, 0.4) is 0 Å². The number of aromatic nitrogens is 2. The summed E-state index contributed by atoms with van der Waals surface area (Å²) in [5.41, 5.74) is 2.43. The molecule has 1 heterocycles.